The highest BCUT2D eigenvalue weighted by Gasteiger charge is 2.47. The first-order valence-electron chi connectivity index (χ1n) is 10.1. The summed E-state index contributed by atoms with van der Waals surface area (Å²) in [5.41, 5.74) is 2.59. The van der Waals surface area contributed by atoms with Crippen LogP contribution in [-0.2, 0) is 16.9 Å². The summed E-state index contributed by atoms with van der Waals surface area (Å²) >= 11 is 0. The third kappa shape index (κ3) is 4.18. The van der Waals surface area contributed by atoms with Crippen LogP contribution in [0.3, 0.4) is 0 Å². The Morgan fingerprint density at radius 2 is 1.91 bits per heavy atom. The Hall–Kier alpha value is -3.76. The third-order valence-electron chi connectivity index (χ3n) is 5.35. The molecule has 3 aromatic rings. The van der Waals surface area contributed by atoms with E-state index in [-0.39, 0.29) is 17.5 Å². The maximum absolute atomic E-state index is 13.3. The molecule has 0 fully saturated rings. The SMILES string of the molecule is CC(=O)Nc1cncc(-c2cc(C)c3c(n2)C(C)(C)N(c2cnn(CC(F)(F)F)c2)C3=O)c1. The zero-order chi connectivity index (χ0) is 24.1. The van der Waals surface area contributed by atoms with Gasteiger partial charge in [0.15, 0.2) is 0 Å². The predicted octanol–water partition coefficient (Wildman–Crippen LogP) is 4.06. The Bertz CT molecular complexity index is 1270. The normalized spacial score (nSPS) is 15.0. The summed E-state index contributed by atoms with van der Waals surface area (Å²) < 4.78 is 39.0. The number of rotatable bonds is 4. The van der Waals surface area contributed by atoms with Crippen LogP contribution < -0.4 is 10.2 Å². The molecule has 0 saturated carbocycles. The lowest BCUT2D eigenvalue weighted by Gasteiger charge is -2.30. The number of nitrogens with zero attached hydrogens (tertiary/aromatic N) is 5. The van der Waals surface area contributed by atoms with Gasteiger partial charge in [-0.25, -0.2) is 4.98 Å². The molecule has 0 atom stereocenters. The maximum atomic E-state index is 13.3. The molecule has 4 rings (SSSR count). The van der Waals surface area contributed by atoms with E-state index in [4.69, 9.17) is 4.98 Å². The Balaban J connectivity index is 1.75. The van der Waals surface area contributed by atoms with E-state index in [9.17, 15) is 22.8 Å². The molecule has 1 N–H and O–H groups in total. The Morgan fingerprint density at radius 3 is 2.58 bits per heavy atom. The number of carbonyl (C=O) groups is 2. The number of hydrogen-bond acceptors (Lipinski definition) is 5. The van der Waals surface area contributed by atoms with E-state index in [0.29, 0.717) is 33.8 Å². The van der Waals surface area contributed by atoms with E-state index in [1.54, 1.807) is 39.1 Å². The molecule has 2 amide bonds. The van der Waals surface area contributed by atoms with Gasteiger partial charge in [-0.15, -0.1) is 0 Å². The second kappa shape index (κ2) is 7.68. The number of aryl methyl sites for hydroxylation is 1. The summed E-state index contributed by atoms with van der Waals surface area (Å²) in [5, 5.41) is 6.44. The van der Waals surface area contributed by atoms with Crippen molar-refractivity contribution in [3.05, 3.63) is 53.7 Å². The summed E-state index contributed by atoms with van der Waals surface area (Å²) in [6.45, 7) is 5.48. The Kier molecular flexibility index (Phi) is 5.22. The number of fused-ring (bicyclic) bond motifs is 1. The van der Waals surface area contributed by atoms with Crippen LogP contribution in [0.2, 0.25) is 0 Å². The fraction of sp³-hybridized carbons (Fsp3) is 0.318. The van der Waals surface area contributed by atoms with E-state index in [1.807, 2.05) is 0 Å². The average Bonchev–Trinajstić information content (AvgIpc) is 3.20. The first-order valence-corrected chi connectivity index (χ1v) is 10.1. The standard InChI is InChI=1S/C22H21F3N6O2/c1-12-5-17(14-6-15(8-26-7-14)28-13(2)32)29-19-18(12)20(33)31(21(19,3)4)16-9-27-30(10-16)11-22(23,24)25/h5-10H,11H2,1-4H3,(H,28,32). The minimum atomic E-state index is -4.43. The van der Waals surface area contributed by atoms with Gasteiger partial charge in [0.1, 0.15) is 6.54 Å². The molecule has 172 valence electrons. The molecule has 33 heavy (non-hydrogen) atoms. The number of amides is 2. The van der Waals surface area contributed by atoms with Gasteiger partial charge in [-0.1, -0.05) is 0 Å². The molecule has 0 unspecified atom stereocenters. The highest BCUT2D eigenvalue weighted by atomic mass is 19.4. The third-order valence-corrected chi connectivity index (χ3v) is 5.35. The summed E-state index contributed by atoms with van der Waals surface area (Å²) in [4.78, 5) is 35.0. The number of alkyl halides is 3. The Labute approximate surface area is 187 Å². The molecule has 0 bridgehead atoms. The largest absolute Gasteiger partial charge is 0.408 e. The van der Waals surface area contributed by atoms with Gasteiger partial charge in [0.25, 0.3) is 5.91 Å². The molecule has 11 heteroatoms. The van der Waals surface area contributed by atoms with Gasteiger partial charge in [0.2, 0.25) is 5.91 Å². The number of hydrogen-bond donors (Lipinski definition) is 1. The fourth-order valence-corrected chi connectivity index (χ4v) is 4.03. The van der Waals surface area contributed by atoms with Gasteiger partial charge in [-0.05, 0) is 38.5 Å². The van der Waals surface area contributed by atoms with Crippen molar-refractivity contribution in [2.45, 2.75) is 46.0 Å². The minimum Gasteiger partial charge on any atom is -0.325 e. The molecule has 0 aromatic carbocycles. The topological polar surface area (TPSA) is 93.0 Å². The van der Waals surface area contributed by atoms with E-state index < -0.39 is 18.3 Å². The molecular weight excluding hydrogens is 437 g/mol. The summed E-state index contributed by atoms with van der Waals surface area (Å²) in [6.07, 6.45) is 1.13. The highest BCUT2D eigenvalue weighted by Crippen LogP contribution is 2.43. The van der Waals surface area contributed by atoms with Gasteiger partial charge in [0.05, 0.1) is 46.3 Å². The quantitative estimate of drug-likeness (QED) is 0.636. The minimum absolute atomic E-state index is 0.236. The van der Waals surface area contributed by atoms with Crippen molar-refractivity contribution in [3.8, 4) is 11.3 Å². The van der Waals surface area contributed by atoms with Crippen LogP contribution in [0.25, 0.3) is 11.3 Å². The molecule has 3 aromatic heterocycles. The van der Waals surface area contributed by atoms with Gasteiger partial charge < -0.3 is 5.32 Å². The predicted molar refractivity (Wildman–Crippen MR) is 115 cm³/mol. The first kappa shape index (κ1) is 22.4. The lowest BCUT2D eigenvalue weighted by molar-refractivity contribution is -0.142. The number of aromatic nitrogens is 4. The molecule has 0 spiro atoms. The molecule has 0 aliphatic carbocycles. The van der Waals surface area contributed by atoms with Gasteiger partial charge >= 0.3 is 6.18 Å². The van der Waals surface area contributed by atoms with E-state index in [0.717, 1.165) is 4.68 Å². The number of carbonyl (C=O) groups excluding carboxylic acids is 2. The van der Waals surface area contributed by atoms with Crippen molar-refractivity contribution in [1.82, 2.24) is 19.7 Å². The molecule has 0 saturated heterocycles. The second-order valence-electron chi connectivity index (χ2n) is 8.40. The van der Waals surface area contributed by atoms with Gasteiger partial charge in [-0.2, -0.15) is 18.3 Å². The van der Waals surface area contributed by atoms with Crippen LogP contribution in [0.4, 0.5) is 24.5 Å². The van der Waals surface area contributed by atoms with Crippen molar-refractivity contribution >= 4 is 23.2 Å². The van der Waals surface area contributed by atoms with Crippen molar-refractivity contribution in [1.29, 1.82) is 0 Å². The maximum Gasteiger partial charge on any atom is 0.408 e. The van der Waals surface area contributed by atoms with Crippen molar-refractivity contribution < 1.29 is 22.8 Å². The lowest BCUT2D eigenvalue weighted by atomic mass is 9.96. The lowest BCUT2D eigenvalue weighted by Crippen LogP contribution is -2.39. The van der Waals surface area contributed by atoms with E-state index in [1.165, 1.54) is 30.4 Å². The molecule has 1 aliphatic rings. The number of anilines is 2. The zero-order valence-corrected chi connectivity index (χ0v) is 18.4. The number of nitrogens with one attached hydrogen (secondary N) is 1. The van der Waals surface area contributed by atoms with Crippen LogP contribution in [0.5, 0.6) is 0 Å². The second-order valence-corrected chi connectivity index (χ2v) is 8.40. The fourth-order valence-electron chi connectivity index (χ4n) is 4.03. The van der Waals surface area contributed by atoms with Crippen LogP contribution in [0.1, 0.15) is 42.4 Å². The van der Waals surface area contributed by atoms with Crippen LogP contribution in [-0.4, -0.2) is 37.7 Å². The molecule has 0 radical (unpaired) electrons. The number of halogens is 3. The molecule has 4 heterocycles. The van der Waals surface area contributed by atoms with Gasteiger partial charge in [-0.3, -0.25) is 24.2 Å². The van der Waals surface area contributed by atoms with Crippen molar-refractivity contribution in [2.24, 2.45) is 0 Å². The Morgan fingerprint density at radius 1 is 1.18 bits per heavy atom. The first-order chi connectivity index (χ1) is 15.4. The smallest absolute Gasteiger partial charge is 0.325 e. The van der Waals surface area contributed by atoms with E-state index in [2.05, 4.69) is 15.4 Å². The van der Waals surface area contributed by atoms with E-state index >= 15 is 0 Å². The van der Waals surface area contributed by atoms with Gasteiger partial charge in [0, 0.05) is 24.9 Å². The van der Waals surface area contributed by atoms with Crippen molar-refractivity contribution in [3.63, 3.8) is 0 Å². The van der Waals surface area contributed by atoms with Crippen LogP contribution in [0.15, 0.2) is 36.9 Å². The van der Waals surface area contributed by atoms with Crippen LogP contribution in [0, 0.1) is 6.92 Å². The molecule has 1 aliphatic heterocycles. The summed E-state index contributed by atoms with van der Waals surface area (Å²) in [5.74, 6) is -0.594. The summed E-state index contributed by atoms with van der Waals surface area (Å²) in [7, 11) is 0. The molecular formula is C22H21F3N6O2. The zero-order valence-electron chi connectivity index (χ0n) is 18.4. The summed E-state index contributed by atoms with van der Waals surface area (Å²) in [6, 6.07) is 3.48. The molecule has 8 nitrogen and oxygen atoms in total. The average molecular weight is 458 g/mol. The van der Waals surface area contributed by atoms with Crippen LogP contribution >= 0.6 is 0 Å². The monoisotopic (exact) mass is 458 g/mol. The highest BCUT2D eigenvalue weighted by molar-refractivity contribution is 6.12. The van der Waals surface area contributed by atoms with Crippen molar-refractivity contribution in [2.75, 3.05) is 10.2 Å². The number of pyridine rings is 2.